The van der Waals surface area contributed by atoms with E-state index in [4.69, 9.17) is 18.0 Å². The highest BCUT2D eigenvalue weighted by atomic mass is 32.1. The third-order valence-electron chi connectivity index (χ3n) is 4.09. The van der Waals surface area contributed by atoms with Crippen molar-refractivity contribution in [3.05, 3.63) is 29.6 Å². The number of hydrogen-bond donors (Lipinski definition) is 1. The van der Waals surface area contributed by atoms with Gasteiger partial charge in [0.2, 0.25) is 0 Å². The summed E-state index contributed by atoms with van der Waals surface area (Å²) < 4.78 is 0. The van der Waals surface area contributed by atoms with Crippen LogP contribution in [0.2, 0.25) is 0 Å². The lowest BCUT2D eigenvalue weighted by atomic mass is 9.86. The van der Waals surface area contributed by atoms with Crippen molar-refractivity contribution in [1.29, 1.82) is 0 Å². The van der Waals surface area contributed by atoms with Crippen LogP contribution in [0.3, 0.4) is 0 Å². The first-order valence-electron chi connectivity index (χ1n) is 7.04. The van der Waals surface area contributed by atoms with Crippen LogP contribution in [0.15, 0.2) is 18.3 Å². The predicted octanol–water partition coefficient (Wildman–Crippen LogP) is 2.58. The van der Waals surface area contributed by atoms with E-state index in [2.05, 4.69) is 29.8 Å². The van der Waals surface area contributed by atoms with Gasteiger partial charge in [-0.1, -0.05) is 32.1 Å². The number of rotatable bonds is 4. The lowest BCUT2D eigenvalue weighted by Crippen LogP contribution is -2.35. The molecule has 0 radical (unpaired) electrons. The average Bonchev–Trinajstić information content (AvgIpc) is 2.39. The zero-order chi connectivity index (χ0) is 13.8. The quantitative estimate of drug-likeness (QED) is 0.859. The Morgan fingerprint density at radius 1 is 1.47 bits per heavy atom. The Hall–Kier alpha value is -1.00. The van der Waals surface area contributed by atoms with Crippen molar-refractivity contribution in [2.75, 3.05) is 13.1 Å². The topological polar surface area (TPSA) is 42.2 Å². The third-order valence-corrected chi connectivity index (χ3v) is 4.29. The highest BCUT2D eigenvalue weighted by Crippen LogP contribution is 2.25. The average molecular weight is 277 g/mol. The van der Waals surface area contributed by atoms with E-state index in [1.54, 1.807) is 6.20 Å². The summed E-state index contributed by atoms with van der Waals surface area (Å²) in [5, 5.41) is 0. The predicted molar refractivity (Wildman–Crippen MR) is 83.0 cm³/mol. The molecule has 0 amide bonds. The number of piperidine rings is 1. The molecule has 104 valence electrons. The first kappa shape index (κ1) is 14.4. The molecule has 3 nitrogen and oxygen atoms in total. The summed E-state index contributed by atoms with van der Waals surface area (Å²) in [6.45, 7) is 7.88. The number of hydrogen-bond acceptors (Lipinski definition) is 3. The molecule has 0 saturated carbocycles. The second-order valence-corrected chi connectivity index (χ2v) is 6.17. The summed E-state index contributed by atoms with van der Waals surface area (Å²) in [7, 11) is 0. The van der Waals surface area contributed by atoms with E-state index in [0.29, 0.717) is 4.99 Å². The van der Waals surface area contributed by atoms with Crippen LogP contribution >= 0.6 is 12.2 Å². The first-order valence-corrected chi connectivity index (χ1v) is 7.44. The smallest absolute Gasteiger partial charge is 0.123 e. The summed E-state index contributed by atoms with van der Waals surface area (Å²) in [6.07, 6.45) is 4.34. The minimum absolute atomic E-state index is 0.396. The van der Waals surface area contributed by atoms with E-state index in [-0.39, 0.29) is 0 Å². The molecule has 4 heteroatoms. The Bertz CT molecular complexity index is 437. The zero-order valence-electron chi connectivity index (χ0n) is 11.8. The summed E-state index contributed by atoms with van der Waals surface area (Å²) in [5.41, 5.74) is 7.66. The molecule has 2 rings (SSSR count). The molecule has 0 aromatic carbocycles. The second-order valence-electron chi connectivity index (χ2n) is 5.73. The molecular formula is C15H23N3S. The molecule has 0 aliphatic carbocycles. The molecule has 2 heterocycles. The van der Waals surface area contributed by atoms with Crippen LogP contribution in [0, 0.1) is 11.8 Å². The van der Waals surface area contributed by atoms with Crippen molar-refractivity contribution in [1.82, 2.24) is 9.88 Å². The Balaban J connectivity index is 1.98. The third kappa shape index (κ3) is 3.74. The van der Waals surface area contributed by atoms with Crippen LogP contribution in [0.5, 0.6) is 0 Å². The molecule has 0 bridgehead atoms. The fourth-order valence-electron chi connectivity index (χ4n) is 2.81. The molecule has 1 aliphatic heterocycles. The van der Waals surface area contributed by atoms with Crippen molar-refractivity contribution < 1.29 is 0 Å². The van der Waals surface area contributed by atoms with Gasteiger partial charge >= 0.3 is 0 Å². The van der Waals surface area contributed by atoms with E-state index in [0.717, 1.165) is 42.7 Å². The number of thiocarbonyl (C=S) groups is 1. The van der Waals surface area contributed by atoms with Gasteiger partial charge in [-0.25, -0.2) is 0 Å². The Kier molecular flexibility index (Phi) is 4.88. The van der Waals surface area contributed by atoms with Gasteiger partial charge in [-0.2, -0.15) is 0 Å². The highest BCUT2D eigenvalue weighted by molar-refractivity contribution is 7.80. The fraction of sp³-hybridized carbons (Fsp3) is 0.600. The Labute approximate surface area is 121 Å². The van der Waals surface area contributed by atoms with Gasteiger partial charge in [-0.3, -0.25) is 9.88 Å². The van der Waals surface area contributed by atoms with Crippen molar-refractivity contribution in [3.8, 4) is 0 Å². The Morgan fingerprint density at radius 3 is 2.74 bits per heavy atom. The molecule has 0 atom stereocenters. The SMILES string of the molecule is CC(C)C1CCN(Cc2cccnc2C(N)=S)CC1. The first-order chi connectivity index (χ1) is 9.08. The van der Waals surface area contributed by atoms with Crippen LogP contribution in [0.4, 0.5) is 0 Å². The standard InChI is InChI=1S/C15H23N3S/c1-11(2)12-5-8-18(9-6-12)10-13-4-3-7-17-14(13)15(16)19/h3-4,7,11-12H,5-6,8-10H2,1-2H3,(H2,16,19). The molecule has 1 aromatic rings. The number of aromatic nitrogens is 1. The molecule has 19 heavy (non-hydrogen) atoms. The maximum Gasteiger partial charge on any atom is 0.123 e. The van der Waals surface area contributed by atoms with Gasteiger partial charge < -0.3 is 5.73 Å². The number of likely N-dealkylation sites (tertiary alicyclic amines) is 1. The summed E-state index contributed by atoms with van der Waals surface area (Å²) in [4.78, 5) is 7.17. The molecular weight excluding hydrogens is 254 g/mol. The Morgan fingerprint density at radius 2 is 2.16 bits per heavy atom. The van der Waals surface area contributed by atoms with E-state index >= 15 is 0 Å². The lowest BCUT2D eigenvalue weighted by Gasteiger charge is -2.34. The van der Waals surface area contributed by atoms with Gasteiger partial charge in [-0.15, -0.1) is 0 Å². The second kappa shape index (κ2) is 6.44. The van der Waals surface area contributed by atoms with Gasteiger partial charge in [0.25, 0.3) is 0 Å². The molecule has 1 saturated heterocycles. The van der Waals surface area contributed by atoms with Crippen LogP contribution in [0.1, 0.15) is 37.9 Å². The van der Waals surface area contributed by atoms with Crippen LogP contribution < -0.4 is 5.73 Å². The summed E-state index contributed by atoms with van der Waals surface area (Å²) in [5.74, 6) is 1.67. The van der Waals surface area contributed by atoms with Gasteiger partial charge in [0.15, 0.2) is 0 Å². The molecule has 1 fully saturated rings. The van der Waals surface area contributed by atoms with Gasteiger partial charge in [-0.05, 0) is 49.4 Å². The number of pyridine rings is 1. The largest absolute Gasteiger partial charge is 0.388 e. The van der Waals surface area contributed by atoms with Crippen LogP contribution in [-0.2, 0) is 6.54 Å². The maximum absolute atomic E-state index is 5.73. The van der Waals surface area contributed by atoms with Crippen molar-refractivity contribution in [2.24, 2.45) is 17.6 Å². The van der Waals surface area contributed by atoms with E-state index in [1.807, 2.05) is 6.07 Å². The number of nitrogens with zero attached hydrogens (tertiary/aromatic N) is 2. The van der Waals surface area contributed by atoms with Crippen LogP contribution in [-0.4, -0.2) is 28.0 Å². The van der Waals surface area contributed by atoms with Crippen molar-refractivity contribution in [3.63, 3.8) is 0 Å². The van der Waals surface area contributed by atoms with Gasteiger partial charge in [0.05, 0.1) is 0 Å². The fourth-order valence-corrected chi connectivity index (χ4v) is 2.99. The van der Waals surface area contributed by atoms with E-state index in [1.165, 1.54) is 12.8 Å². The molecule has 2 N–H and O–H groups in total. The zero-order valence-corrected chi connectivity index (χ0v) is 12.6. The van der Waals surface area contributed by atoms with Crippen molar-refractivity contribution in [2.45, 2.75) is 33.2 Å². The maximum atomic E-state index is 5.73. The minimum Gasteiger partial charge on any atom is -0.388 e. The summed E-state index contributed by atoms with van der Waals surface area (Å²) >= 11 is 5.07. The molecule has 1 aliphatic rings. The molecule has 0 spiro atoms. The van der Waals surface area contributed by atoms with E-state index < -0.39 is 0 Å². The lowest BCUT2D eigenvalue weighted by molar-refractivity contribution is 0.152. The van der Waals surface area contributed by atoms with Gasteiger partial charge in [0.1, 0.15) is 10.7 Å². The molecule has 1 aromatic heterocycles. The summed E-state index contributed by atoms with van der Waals surface area (Å²) in [6, 6.07) is 4.04. The van der Waals surface area contributed by atoms with E-state index in [9.17, 15) is 0 Å². The molecule has 0 unspecified atom stereocenters. The van der Waals surface area contributed by atoms with Crippen molar-refractivity contribution >= 4 is 17.2 Å². The monoisotopic (exact) mass is 277 g/mol. The minimum atomic E-state index is 0.396. The van der Waals surface area contributed by atoms with Crippen LogP contribution in [0.25, 0.3) is 0 Å². The normalized spacial score (nSPS) is 17.8. The van der Waals surface area contributed by atoms with Gasteiger partial charge in [0, 0.05) is 12.7 Å². The highest BCUT2D eigenvalue weighted by Gasteiger charge is 2.22. The number of nitrogens with two attached hydrogens (primary N) is 1.